The second-order valence-electron chi connectivity index (χ2n) is 11.4. The van der Waals surface area contributed by atoms with Crippen LogP contribution in [0.25, 0.3) is 0 Å². The third kappa shape index (κ3) is 8.61. The number of carbonyl (C=O) groups is 2. The van der Waals surface area contributed by atoms with Crippen LogP contribution in [-0.2, 0) is 4.79 Å². The number of carbonyl (C=O) groups excluding carboxylic acids is 1. The minimum absolute atomic E-state index is 0.00369. The molecule has 2 unspecified atom stereocenters. The topological polar surface area (TPSA) is 94.9 Å². The van der Waals surface area contributed by atoms with Gasteiger partial charge in [-0.25, -0.2) is 9.59 Å². The molecule has 2 aromatic rings. The Balaban J connectivity index is 0.000000591. The summed E-state index contributed by atoms with van der Waals surface area (Å²) >= 11 is 6.28. The highest BCUT2D eigenvalue weighted by Crippen LogP contribution is 2.42. The number of alkyl halides is 3. The van der Waals surface area contributed by atoms with Crippen molar-refractivity contribution >= 4 is 29.4 Å². The number of likely N-dealkylation sites (N-methyl/N-ethyl adjacent to an activating group) is 1. The number of benzene rings is 2. The van der Waals surface area contributed by atoms with Crippen LogP contribution < -0.4 is 9.47 Å². The molecule has 2 aromatic carbocycles. The van der Waals surface area contributed by atoms with E-state index in [2.05, 4.69) is 24.1 Å². The SMILES string of the molecule is CCOc1cc(OC)ccc1C1=NC(CC2CCCC2)C(c2ccc(Cl)cc2)N1C(=O)N1CCN(C)CC1.O=C(O)C(F)(F)F. The van der Waals surface area contributed by atoms with Gasteiger partial charge < -0.3 is 24.4 Å². The van der Waals surface area contributed by atoms with Crippen molar-refractivity contribution in [1.29, 1.82) is 0 Å². The van der Waals surface area contributed by atoms with E-state index in [1.54, 1.807) is 7.11 Å². The molecular weight excluding hydrogens is 613 g/mol. The lowest BCUT2D eigenvalue weighted by Crippen LogP contribution is -2.53. The fourth-order valence-electron chi connectivity index (χ4n) is 6.04. The summed E-state index contributed by atoms with van der Waals surface area (Å²) in [7, 11) is 3.75. The molecule has 2 heterocycles. The summed E-state index contributed by atoms with van der Waals surface area (Å²) in [6.45, 7) is 5.57. The molecule has 2 atom stereocenters. The van der Waals surface area contributed by atoms with Crippen LogP contribution >= 0.6 is 11.6 Å². The molecule has 45 heavy (non-hydrogen) atoms. The Labute approximate surface area is 266 Å². The number of urea groups is 1. The molecule has 2 aliphatic heterocycles. The maximum atomic E-state index is 14.4. The summed E-state index contributed by atoms with van der Waals surface area (Å²) in [6, 6.07) is 13.5. The number of carboxylic acid groups (broad SMARTS) is 1. The van der Waals surface area contributed by atoms with Crippen LogP contribution in [-0.4, -0.2) is 96.8 Å². The Kier molecular flexibility index (Phi) is 11.6. The highest BCUT2D eigenvalue weighted by molar-refractivity contribution is 6.30. The number of piperazine rings is 1. The zero-order valence-corrected chi connectivity index (χ0v) is 26.5. The summed E-state index contributed by atoms with van der Waals surface area (Å²) < 4.78 is 43.3. The van der Waals surface area contributed by atoms with Crippen molar-refractivity contribution < 1.29 is 37.3 Å². The van der Waals surface area contributed by atoms with E-state index < -0.39 is 12.1 Å². The third-order valence-electron chi connectivity index (χ3n) is 8.37. The second-order valence-corrected chi connectivity index (χ2v) is 11.9. The van der Waals surface area contributed by atoms with Crippen LogP contribution in [0.3, 0.4) is 0 Å². The number of amides is 2. The van der Waals surface area contributed by atoms with Gasteiger partial charge in [0.25, 0.3) is 0 Å². The lowest BCUT2D eigenvalue weighted by Gasteiger charge is -2.38. The van der Waals surface area contributed by atoms with E-state index in [1.807, 2.05) is 47.1 Å². The Morgan fingerprint density at radius 3 is 2.22 bits per heavy atom. The number of aliphatic carboxylic acids is 1. The van der Waals surface area contributed by atoms with Crippen molar-refractivity contribution in [1.82, 2.24) is 14.7 Å². The summed E-state index contributed by atoms with van der Waals surface area (Å²) in [6.07, 6.45) is 0.887. The van der Waals surface area contributed by atoms with Crippen molar-refractivity contribution in [2.75, 3.05) is 46.9 Å². The zero-order valence-electron chi connectivity index (χ0n) is 25.7. The fourth-order valence-corrected chi connectivity index (χ4v) is 6.17. The number of nitrogens with zero attached hydrogens (tertiary/aromatic N) is 4. The second kappa shape index (κ2) is 15.2. The van der Waals surface area contributed by atoms with Crippen molar-refractivity contribution in [3.05, 3.63) is 58.6 Å². The van der Waals surface area contributed by atoms with Gasteiger partial charge in [-0.05, 0) is 56.1 Å². The van der Waals surface area contributed by atoms with E-state index in [0.717, 1.165) is 30.6 Å². The summed E-state index contributed by atoms with van der Waals surface area (Å²) in [5, 5.41) is 7.81. The highest BCUT2D eigenvalue weighted by Gasteiger charge is 2.45. The first kappa shape index (κ1) is 34.4. The third-order valence-corrected chi connectivity index (χ3v) is 8.62. The van der Waals surface area contributed by atoms with Crippen LogP contribution in [0, 0.1) is 5.92 Å². The van der Waals surface area contributed by atoms with Crippen LogP contribution in [0.1, 0.15) is 56.2 Å². The number of carboxylic acids is 1. The molecule has 1 saturated heterocycles. The number of amidine groups is 1. The standard InChI is InChI=1S/C30H39ClN4O3.C2HF3O2/c1-4-38-27-20-24(37-3)13-14-25(27)29-32-26(19-21-7-5-6-8-21)28(22-9-11-23(31)12-10-22)35(29)30(36)34-17-15-33(2)16-18-34;3-2(4,5)1(6)7/h9-14,20-21,26,28H,4-8,15-19H2,1-3H3;(H,6,7). The Bertz CT molecular complexity index is 1340. The molecule has 1 aliphatic carbocycles. The maximum Gasteiger partial charge on any atom is 0.490 e. The van der Waals surface area contributed by atoms with Gasteiger partial charge in [-0.1, -0.05) is 49.4 Å². The van der Waals surface area contributed by atoms with E-state index in [0.29, 0.717) is 48.0 Å². The molecule has 1 N–H and O–H groups in total. The molecule has 2 amide bonds. The fraction of sp³-hybridized carbons (Fsp3) is 0.531. The monoisotopic (exact) mass is 652 g/mol. The minimum atomic E-state index is -5.08. The molecule has 0 bridgehead atoms. The summed E-state index contributed by atoms with van der Waals surface area (Å²) in [5.41, 5.74) is 1.88. The number of methoxy groups -OCH3 is 1. The first-order valence-corrected chi connectivity index (χ1v) is 15.5. The number of ether oxygens (including phenoxy) is 2. The number of halogens is 4. The molecule has 246 valence electrons. The van der Waals surface area contributed by atoms with Crippen molar-refractivity contribution in [3.8, 4) is 11.5 Å². The molecule has 1 saturated carbocycles. The quantitative estimate of drug-likeness (QED) is 0.367. The Hall–Kier alpha value is -3.51. The van der Waals surface area contributed by atoms with Gasteiger partial charge in [0, 0.05) is 37.3 Å². The van der Waals surface area contributed by atoms with Gasteiger partial charge in [0.05, 0.1) is 31.4 Å². The molecule has 9 nitrogen and oxygen atoms in total. The maximum absolute atomic E-state index is 14.4. The zero-order chi connectivity index (χ0) is 32.7. The highest BCUT2D eigenvalue weighted by atomic mass is 35.5. The van der Waals surface area contributed by atoms with Crippen molar-refractivity contribution in [3.63, 3.8) is 0 Å². The molecule has 0 aromatic heterocycles. The number of hydrogen-bond acceptors (Lipinski definition) is 6. The van der Waals surface area contributed by atoms with E-state index in [4.69, 9.17) is 36.0 Å². The van der Waals surface area contributed by atoms with E-state index in [-0.39, 0.29) is 18.1 Å². The first-order valence-electron chi connectivity index (χ1n) is 15.1. The first-order chi connectivity index (χ1) is 21.4. The Morgan fingerprint density at radius 2 is 1.67 bits per heavy atom. The lowest BCUT2D eigenvalue weighted by molar-refractivity contribution is -0.192. The molecule has 13 heteroatoms. The largest absolute Gasteiger partial charge is 0.497 e. The van der Waals surface area contributed by atoms with Crippen molar-refractivity contribution in [2.24, 2.45) is 10.9 Å². The number of aliphatic imine (C=N–C) groups is 1. The Morgan fingerprint density at radius 1 is 1.04 bits per heavy atom. The molecule has 3 aliphatic rings. The number of hydrogen-bond donors (Lipinski definition) is 1. The van der Waals surface area contributed by atoms with E-state index >= 15 is 0 Å². The van der Waals surface area contributed by atoms with Gasteiger partial charge in [-0.15, -0.1) is 0 Å². The number of rotatable bonds is 7. The molecular formula is C32H40ClF3N4O5. The average molecular weight is 653 g/mol. The van der Waals surface area contributed by atoms with Gasteiger partial charge in [0.1, 0.15) is 17.3 Å². The van der Waals surface area contributed by atoms with Gasteiger partial charge in [-0.2, -0.15) is 13.2 Å². The van der Waals surface area contributed by atoms with Gasteiger partial charge in [0.15, 0.2) is 0 Å². The predicted octanol–water partition coefficient (Wildman–Crippen LogP) is 6.50. The smallest absolute Gasteiger partial charge is 0.490 e. The van der Waals surface area contributed by atoms with Crippen LogP contribution in [0.2, 0.25) is 5.02 Å². The molecule has 2 fully saturated rings. The van der Waals surface area contributed by atoms with Crippen LogP contribution in [0.4, 0.5) is 18.0 Å². The summed E-state index contributed by atoms with van der Waals surface area (Å²) in [4.78, 5) is 34.8. The lowest BCUT2D eigenvalue weighted by atomic mass is 9.90. The average Bonchev–Trinajstić information content (AvgIpc) is 3.66. The van der Waals surface area contributed by atoms with Crippen molar-refractivity contribution in [2.45, 2.75) is 57.3 Å². The van der Waals surface area contributed by atoms with Crippen LogP contribution in [0.15, 0.2) is 47.5 Å². The molecule has 5 rings (SSSR count). The van der Waals surface area contributed by atoms with E-state index in [1.165, 1.54) is 25.7 Å². The van der Waals surface area contributed by atoms with Crippen LogP contribution in [0.5, 0.6) is 11.5 Å². The predicted molar refractivity (Wildman–Crippen MR) is 165 cm³/mol. The minimum Gasteiger partial charge on any atom is -0.497 e. The van der Waals surface area contributed by atoms with Gasteiger partial charge >= 0.3 is 18.2 Å². The van der Waals surface area contributed by atoms with Gasteiger partial charge in [-0.3, -0.25) is 9.89 Å². The molecule has 0 spiro atoms. The van der Waals surface area contributed by atoms with Gasteiger partial charge in [0.2, 0.25) is 0 Å². The summed E-state index contributed by atoms with van der Waals surface area (Å²) in [5.74, 6) is -0.0566. The molecule has 0 radical (unpaired) electrons. The normalized spacial score (nSPS) is 20.8. The van der Waals surface area contributed by atoms with E-state index in [9.17, 15) is 18.0 Å².